The fourth-order valence-electron chi connectivity index (χ4n) is 2.58. The SMILES string of the molecule is CCOC(=O)c1c(C)oc2ccc(O)c(N=Nc3ccc([N+](=O)[O-])cc3)c12. The van der Waals surface area contributed by atoms with Crippen LogP contribution in [0.15, 0.2) is 51.0 Å². The van der Waals surface area contributed by atoms with Crippen LogP contribution in [0.2, 0.25) is 0 Å². The predicted octanol–water partition coefficient (Wildman–Crippen LogP) is 4.95. The third-order valence-corrected chi connectivity index (χ3v) is 3.79. The number of nitro benzene ring substituents is 1. The van der Waals surface area contributed by atoms with Crippen LogP contribution in [0.3, 0.4) is 0 Å². The standard InChI is InChI=1S/C18H15N3O6/c1-3-26-18(23)15-10(2)27-14-9-8-13(22)17(16(14)15)20-19-11-4-6-12(7-5-11)21(24)25/h4-9,22H,3H2,1-2H3. The van der Waals surface area contributed by atoms with Crippen molar-refractivity contribution in [2.75, 3.05) is 6.61 Å². The highest BCUT2D eigenvalue weighted by molar-refractivity contribution is 6.10. The molecule has 0 unspecified atom stereocenters. The lowest BCUT2D eigenvalue weighted by molar-refractivity contribution is -0.384. The Morgan fingerprint density at radius 1 is 1.22 bits per heavy atom. The normalized spacial score (nSPS) is 11.2. The molecule has 138 valence electrons. The largest absolute Gasteiger partial charge is 0.506 e. The molecule has 0 aliphatic heterocycles. The van der Waals surface area contributed by atoms with Gasteiger partial charge in [0.05, 0.1) is 22.6 Å². The van der Waals surface area contributed by atoms with Gasteiger partial charge in [-0.15, -0.1) is 5.11 Å². The van der Waals surface area contributed by atoms with Gasteiger partial charge in [0.25, 0.3) is 5.69 Å². The van der Waals surface area contributed by atoms with E-state index in [4.69, 9.17) is 9.15 Å². The smallest absolute Gasteiger partial charge is 0.342 e. The molecule has 0 aliphatic carbocycles. The topological polar surface area (TPSA) is 128 Å². The number of carbonyl (C=O) groups is 1. The van der Waals surface area contributed by atoms with Crippen LogP contribution in [0.4, 0.5) is 17.1 Å². The van der Waals surface area contributed by atoms with E-state index < -0.39 is 10.9 Å². The van der Waals surface area contributed by atoms with Crippen LogP contribution in [-0.2, 0) is 4.74 Å². The van der Waals surface area contributed by atoms with E-state index in [0.29, 0.717) is 17.0 Å². The number of nitrogens with zero attached hydrogens (tertiary/aromatic N) is 3. The third kappa shape index (κ3) is 3.47. The number of fused-ring (bicyclic) bond motifs is 1. The maximum Gasteiger partial charge on any atom is 0.342 e. The molecule has 0 spiro atoms. The van der Waals surface area contributed by atoms with Crippen molar-refractivity contribution in [3.05, 3.63) is 57.8 Å². The second-order valence-electron chi connectivity index (χ2n) is 5.53. The quantitative estimate of drug-likeness (QED) is 0.293. The predicted molar refractivity (Wildman–Crippen MR) is 95.8 cm³/mol. The number of phenolic OH excluding ortho intramolecular Hbond substituents is 1. The van der Waals surface area contributed by atoms with Crippen molar-refractivity contribution in [1.29, 1.82) is 0 Å². The summed E-state index contributed by atoms with van der Waals surface area (Å²) >= 11 is 0. The molecule has 1 N–H and O–H groups in total. The third-order valence-electron chi connectivity index (χ3n) is 3.79. The van der Waals surface area contributed by atoms with Gasteiger partial charge in [-0.05, 0) is 38.1 Å². The van der Waals surface area contributed by atoms with Crippen LogP contribution in [0.5, 0.6) is 5.75 Å². The number of esters is 1. The van der Waals surface area contributed by atoms with Crippen molar-refractivity contribution in [3.8, 4) is 5.75 Å². The fourth-order valence-corrected chi connectivity index (χ4v) is 2.58. The lowest BCUT2D eigenvalue weighted by Crippen LogP contribution is -2.05. The number of carbonyl (C=O) groups excluding carboxylic acids is 1. The van der Waals surface area contributed by atoms with Gasteiger partial charge in [-0.1, -0.05) is 0 Å². The number of hydrogen-bond donors (Lipinski definition) is 1. The van der Waals surface area contributed by atoms with E-state index in [-0.39, 0.29) is 34.7 Å². The molecule has 3 aromatic rings. The summed E-state index contributed by atoms with van der Waals surface area (Å²) in [4.78, 5) is 22.5. The zero-order chi connectivity index (χ0) is 19.6. The molecule has 1 heterocycles. The molecule has 0 radical (unpaired) electrons. The second-order valence-corrected chi connectivity index (χ2v) is 5.53. The average molecular weight is 369 g/mol. The van der Waals surface area contributed by atoms with Gasteiger partial charge in [0.2, 0.25) is 0 Å². The molecule has 1 aromatic heterocycles. The summed E-state index contributed by atoms with van der Waals surface area (Å²) in [5.74, 6) is -0.452. The molecule has 0 atom stereocenters. The number of ether oxygens (including phenoxy) is 1. The molecular formula is C18H15N3O6. The first-order chi connectivity index (χ1) is 12.9. The number of aryl methyl sites for hydroxylation is 1. The Hall–Kier alpha value is -3.75. The number of phenols is 1. The zero-order valence-electron chi connectivity index (χ0n) is 14.5. The van der Waals surface area contributed by atoms with Gasteiger partial charge in [-0.2, -0.15) is 5.11 Å². The minimum Gasteiger partial charge on any atom is -0.506 e. The molecular weight excluding hydrogens is 354 g/mol. The lowest BCUT2D eigenvalue weighted by atomic mass is 10.1. The van der Waals surface area contributed by atoms with E-state index in [9.17, 15) is 20.0 Å². The van der Waals surface area contributed by atoms with Crippen molar-refractivity contribution >= 4 is 34.0 Å². The van der Waals surface area contributed by atoms with Gasteiger partial charge >= 0.3 is 5.97 Å². The van der Waals surface area contributed by atoms with Crippen LogP contribution in [0.1, 0.15) is 23.0 Å². The second kappa shape index (κ2) is 7.24. The minimum absolute atomic E-state index is 0.0470. The number of azo groups is 1. The van der Waals surface area contributed by atoms with E-state index in [1.807, 2.05) is 0 Å². The van der Waals surface area contributed by atoms with Crippen molar-refractivity contribution in [2.45, 2.75) is 13.8 Å². The number of benzene rings is 2. The Bertz CT molecular complexity index is 1050. The van der Waals surface area contributed by atoms with E-state index in [1.165, 1.54) is 36.4 Å². The summed E-state index contributed by atoms with van der Waals surface area (Å²) in [6.07, 6.45) is 0. The Labute approximate surface area is 153 Å². The molecule has 9 nitrogen and oxygen atoms in total. The van der Waals surface area contributed by atoms with Crippen LogP contribution >= 0.6 is 0 Å². The van der Waals surface area contributed by atoms with Gasteiger partial charge in [0, 0.05) is 12.1 Å². The number of non-ortho nitro benzene ring substituents is 1. The molecule has 2 aromatic carbocycles. The summed E-state index contributed by atoms with van der Waals surface area (Å²) in [5, 5.41) is 29.2. The van der Waals surface area contributed by atoms with Gasteiger partial charge in [0.1, 0.15) is 28.3 Å². The maximum absolute atomic E-state index is 12.3. The first kappa shape index (κ1) is 18.1. The summed E-state index contributed by atoms with van der Waals surface area (Å²) < 4.78 is 10.6. The molecule has 0 saturated carbocycles. The number of furan rings is 1. The Balaban J connectivity index is 2.09. The average Bonchev–Trinajstić information content (AvgIpc) is 2.97. The summed E-state index contributed by atoms with van der Waals surface area (Å²) in [7, 11) is 0. The highest BCUT2D eigenvalue weighted by Gasteiger charge is 2.24. The summed E-state index contributed by atoms with van der Waals surface area (Å²) in [6.45, 7) is 3.48. The Morgan fingerprint density at radius 2 is 1.93 bits per heavy atom. The van der Waals surface area contributed by atoms with E-state index in [1.54, 1.807) is 13.8 Å². The van der Waals surface area contributed by atoms with Crippen LogP contribution in [0.25, 0.3) is 11.0 Å². The van der Waals surface area contributed by atoms with Crippen molar-refractivity contribution in [1.82, 2.24) is 0 Å². The highest BCUT2D eigenvalue weighted by Crippen LogP contribution is 2.40. The molecule has 27 heavy (non-hydrogen) atoms. The molecule has 9 heteroatoms. The van der Waals surface area contributed by atoms with E-state index >= 15 is 0 Å². The van der Waals surface area contributed by atoms with Gasteiger partial charge in [-0.25, -0.2) is 4.79 Å². The number of aromatic hydroxyl groups is 1. The Kier molecular flexibility index (Phi) is 4.84. The van der Waals surface area contributed by atoms with Crippen molar-refractivity contribution in [3.63, 3.8) is 0 Å². The van der Waals surface area contributed by atoms with Gasteiger partial charge < -0.3 is 14.3 Å². The van der Waals surface area contributed by atoms with Crippen LogP contribution in [0, 0.1) is 17.0 Å². The number of rotatable bonds is 5. The monoisotopic (exact) mass is 369 g/mol. The Morgan fingerprint density at radius 3 is 2.56 bits per heavy atom. The van der Waals surface area contributed by atoms with Gasteiger partial charge in [0.15, 0.2) is 0 Å². The minimum atomic E-state index is -0.592. The van der Waals surface area contributed by atoms with Crippen molar-refractivity contribution < 1.29 is 24.0 Å². The molecule has 0 aliphatic rings. The van der Waals surface area contributed by atoms with Crippen LogP contribution in [-0.4, -0.2) is 22.6 Å². The van der Waals surface area contributed by atoms with Crippen LogP contribution < -0.4 is 0 Å². The zero-order valence-corrected chi connectivity index (χ0v) is 14.5. The molecule has 0 amide bonds. The summed E-state index contributed by atoms with van der Waals surface area (Å²) in [5.41, 5.74) is 0.834. The first-order valence-electron chi connectivity index (χ1n) is 8.00. The number of hydrogen-bond acceptors (Lipinski definition) is 8. The molecule has 0 fully saturated rings. The molecule has 3 rings (SSSR count). The summed E-state index contributed by atoms with van der Waals surface area (Å²) in [6, 6.07) is 8.33. The van der Waals surface area contributed by atoms with E-state index in [0.717, 1.165) is 0 Å². The molecule has 0 saturated heterocycles. The highest BCUT2D eigenvalue weighted by atomic mass is 16.6. The maximum atomic E-state index is 12.3. The fraction of sp³-hybridized carbons (Fsp3) is 0.167. The molecule has 0 bridgehead atoms. The van der Waals surface area contributed by atoms with Gasteiger partial charge in [-0.3, -0.25) is 10.1 Å². The van der Waals surface area contributed by atoms with E-state index in [2.05, 4.69) is 10.2 Å². The lowest BCUT2D eigenvalue weighted by Gasteiger charge is -2.03. The van der Waals surface area contributed by atoms with Crippen molar-refractivity contribution in [2.24, 2.45) is 10.2 Å². The number of nitro groups is 1. The first-order valence-corrected chi connectivity index (χ1v) is 8.00.